The van der Waals surface area contributed by atoms with Crippen molar-refractivity contribution in [3.05, 3.63) is 12.7 Å². The van der Waals surface area contributed by atoms with Crippen LogP contribution in [0.4, 0.5) is 13.2 Å². The molecule has 0 heterocycles. The Bertz CT molecular complexity index is 147. The number of nitrogens with one attached hydrogen (secondary N) is 1. The summed E-state index contributed by atoms with van der Waals surface area (Å²) in [6.45, 7) is 3.71. The molecule has 0 saturated heterocycles. The lowest BCUT2D eigenvalue weighted by molar-refractivity contribution is -0.173. The van der Waals surface area contributed by atoms with Gasteiger partial charge in [-0.05, 0) is 19.4 Å². The Morgan fingerprint density at radius 2 is 2.00 bits per heavy atom. The van der Waals surface area contributed by atoms with Crippen LogP contribution in [0.1, 0.15) is 12.8 Å². The van der Waals surface area contributed by atoms with E-state index < -0.39 is 12.8 Å². The fourth-order valence-electron chi connectivity index (χ4n) is 0.829. The first-order valence-electron chi connectivity index (χ1n) is 4.52. The summed E-state index contributed by atoms with van der Waals surface area (Å²) in [6.07, 6.45) is -0.552. The third kappa shape index (κ3) is 11.4. The van der Waals surface area contributed by atoms with E-state index in [4.69, 9.17) is 0 Å². The maximum Gasteiger partial charge on any atom is 0.411 e. The lowest BCUT2D eigenvalue weighted by Crippen LogP contribution is -2.24. The van der Waals surface area contributed by atoms with E-state index in [0.717, 1.165) is 19.4 Å². The van der Waals surface area contributed by atoms with Gasteiger partial charge in [0.1, 0.15) is 6.61 Å². The number of hydrogen-bond donors (Lipinski definition) is 1. The largest absolute Gasteiger partial charge is 0.411 e. The Kier molecular flexibility index (Phi) is 7.51. The van der Waals surface area contributed by atoms with Gasteiger partial charge in [0.2, 0.25) is 0 Å². The van der Waals surface area contributed by atoms with Gasteiger partial charge < -0.3 is 10.1 Å². The first-order chi connectivity index (χ1) is 6.56. The second-order valence-corrected chi connectivity index (χ2v) is 2.85. The molecule has 0 aliphatic rings. The second-order valence-electron chi connectivity index (χ2n) is 2.85. The Morgan fingerprint density at radius 1 is 1.29 bits per heavy atom. The van der Waals surface area contributed by atoms with Crippen LogP contribution in [0.2, 0.25) is 0 Å². The molecule has 0 aliphatic heterocycles. The van der Waals surface area contributed by atoms with Crippen LogP contribution in [-0.2, 0) is 4.74 Å². The number of halogens is 3. The minimum Gasteiger partial charge on any atom is -0.371 e. The molecule has 0 aromatic rings. The Balaban J connectivity index is 3.03. The molecule has 5 heteroatoms. The number of rotatable bonds is 8. The summed E-state index contributed by atoms with van der Waals surface area (Å²) in [5, 5.41) is 2.97. The van der Waals surface area contributed by atoms with Crippen LogP contribution in [0.5, 0.6) is 0 Å². The van der Waals surface area contributed by atoms with E-state index >= 15 is 0 Å². The van der Waals surface area contributed by atoms with E-state index in [0.29, 0.717) is 6.54 Å². The number of unbranched alkanes of at least 4 members (excludes halogenated alkanes) is 1. The predicted octanol–water partition coefficient (Wildman–Crippen LogP) is 2.12. The highest BCUT2D eigenvalue weighted by atomic mass is 19.4. The minimum atomic E-state index is -4.22. The smallest absolute Gasteiger partial charge is 0.371 e. The van der Waals surface area contributed by atoms with E-state index in [1.807, 2.05) is 6.08 Å². The molecular formula is C9H16F3NO. The Labute approximate surface area is 82.1 Å². The van der Waals surface area contributed by atoms with Crippen molar-refractivity contribution in [2.75, 3.05) is 26.3 Å². The standard InChI is InChI=1S/C9H16F3NO/c1-2-3-4-5-13-6-7-14-8-9(10,11)12/h2,13H,1,3-8H2. The SMILES string of the molecule is C=CCCCNCCOCC(F)(F)F. The second kappa shape index (κ2) is 7.82. The zero-order valence-corrected chi connectivity index (χ0v) is 8.07. The number of ether oxygens (including phenoxy) is 1. The van der Waals surface area contributed by atoms with E-state index in [2.05, 4.69) is 16.6 Å². The third-order valence-corrected chi connectivity index (χ3v) is 1.45. The van der Waals surface area contributed by atoms with Gasteiger partial charge in [0.15, 0.2) is 0 Å². The third-order valence-electron chi connectivity index (χ3n) is 1.45. The van der Waals surface area contributed by atoms with Gasteiger partial charge in [0, 0.05) is 6.54 Å². The van der Waals surface area contributed by atoms with Gasteiger partial charge in [-0.25, -0.2) is 0 Å². The highest BCUT2D eigenvalue weighted by Gasteiger charge is 2.26. The summed E-state index contributed by atoms with van der Waals surface area (Å²) in [5.41, 5.74) is 0. The van der Waals surface area contributed by atoms with Crippen LogP contribution in [0.15, 0.2) is 12.7 Å². The molecule has 0 rings (SSSR count). The average molecular weight is 211 g/mol. The first-order valence-corrected chi connectivity index (χ1v) is 4.52. The summed E-state index contributed by atoms with van der Waals surface area (Å²) in [5.74, 6) is 0. The maximum absolute atomic E-state index is 11.6. The van der Waals surface area contributed by atoms with Crippen molar-refractivity contribution in [1.29, 1.82) is 0 Å². The molecule has 0 bridgehead atoms. The number of allylic oxidation sites excluding steroid dienone is 1. The topological polar surface area (TPSA) is 21.3 Å². The van der Waals surface area contributed by atoms with Crippen LogP contribution in [-0.4, -0.2) is 32.5 Å². The molecule has 14 heavy (non-hydrogen) atoms. The summed E-state index contributed by atoms with van der Waals surface area (Å²) in [4.78, 5) is 0. The van der Waals surface area contributed by atoms with Gasteiger partial charge in [-0.3, -0.25) is 0 Å². The zero-order valence-electron chi connectivity index (χ0n) is 8.07. The van der Waals surface area contributed by atoms with Crippen molar-refractivity contribution in [2.45, 2.75) is 19.0 Å². The summed E-state index contributed by atoms with van der Waals surface area (Å²) < 4.78 is 39.1. The molecule has 0 unspecified atom stereocenters. The fraction of sp³-hybridized carbons (Fsp3) is 0.778. The molecule has 0 atom stereocenters. The average Bonchev–Trinajstić information content (AvgIpc) is 2.08. The van der Waals surface area contributed by atoms with Crippen LogP contribution in [0.3, 0.4) is 0 Å². The van der Waals surface area contributed by atoms with Gasteiger partial charge in [0.05, 0.1) is 6.61 Å². The molecule has 0 radical (unpaired) electrons. The number of alkyl halides is 3. The highest BCUT2D eigenvalue weighted by molar-refractivity contribution is 4.66. The normalized spacial score (nSPS) is 11.6. The zero-order chi connectivity index (χ0) is 10.9. The molecule has 0 spiro atoms. The molecule has 0 amide bonds. The van der Waals surface area contributed by atoms with Gasteiger partial charge in [-0.15, -0.1) is 6.58 Å². The molecule has 1 N–H and O–H groups in total. The van der Waals surface area contributed by atoms with Crippen molar-refractivity contribution in [1.82, 2.24) is 5.32 Å². The van der Waals surface area contributed by atoms with Crippen LogP contribution < -0.4 is 5.32 Å². The van der Waals surface area contributed by atoms with E-state index in [9.17, 15) is 13.2 Å². The van der Waals surface area contributed by atoms with E-state index in [-0.39, 0.29) is 6.61 Å². The van der Waals surface area contributed by atoms with Crippen molar-refractivity contribution in [3.8, 4) is 0 Å². The quantitative estimate of drug-likeness (QED) is 0.490. The van der Waals surface area contributed by atoms with Crippen LogP contribution in [0, 0.1) is 0 Å². The van der Waals surface area contributed by atoms with Gasteiger partial charge in [-0.2, -0.15) is 13.2 Å². The summed E-state index contributed by atoms with van der Waals surface area (Å²) in [6, 6.07) is 0. The lowest BCUT2D eigenvalue weighted by Gasteiger charge is -2.07. The van der Waals surface area contributed by atoms with Gasteiger partial charge in [-0.1, -0.05) is 6.08 Å². The minimum absolute atomic E-state index is 0.0909. The molecule has 0 fully saturated rings. The Morgan fingerprint density at radius 3 is 2.57 bits per heavy atom. The van der Waals surface area contributed by atoms with Crippen molar-refractivity contribution < 1.29 is 17.9 Å². The van der Waals surface area contributed by atoms with Gasteiger partial charge >= 0.3 is 6.18 Å². The molecule has 0 aromatic carbocycles. The summed E-state index contributed by atoms with van der Waals surface area (Å²) >= 11 is 0. The number of hydrogen-bond acceptors (Lipinski definition) is 2. The highest BCUT2D eigenvalue weighted by Crippen LogP contribution is 2.13. The summed E-state index contributed by atoms with van der Waals surface area (Å²) in [7, 11) is 0. The molecule has 84 valence electrons. The van der Waals surface area contributed by atoms with Crippen LogP contribution in [0.25, 0.3) is 0 Å². The first kappa shape index (κ1) is 13.4. The van der Waals surface area contributed by atoms with Crippen molar-refractivity contribution in [3.63, 3.8) is 0 Å². The predicted molar refractivity (Wildman–Crippen MR) is 49.2 cm³/mol. The molecule has 2 nitrogen and oxygen atoms in total. The van der Waals surface area contributed by atoms with E-state index in [1.54, 1.807) is 0 Å². The van der Waals surface area contributed by atoms with Crippen LogP contribution >= 0.6 is 0 Å². The fourth-order valence-corrected chi connectivity index (χ4v) is 0.829. The molecule has 0 aromatic heterocycles. The van der Waals surface area contributed by atoms with Gasteiger partial charge in [0.25, 0.3) is 0 Å². The van der Waals surface area contributed by atoms with Crippen molar-refractivity contribution >= 4 is 0 Å². The molecular weight excluding hydrogens is 195 g/mol. The molecule has 0 aliphatic carbocycles. The maximum atomic E-state index is 11.6. The Hall–Kier alpha value is -0.550. The van der Waals surface area contributed by atoms with E-state index in [1.165, 1.54) is 0 Å². The monoisotopic (exact) mass is 211 g/mol. The van der Waals surface area contributed by atoms with Crippen molar-refractivity contribution in [2.24, 2.45) is 0 Å². The lowest BCUT2D eigenvalue weighted by atomic mass is 10.3. The molecule has 0 saturated carbocycles.